The Kier molecular flexibility index (Phi) is 3.20. The van der Waals surface area contributed by atoms with E-state index >= 15 is 0 Å². The normalized spacial score (nSPS) is 14.5. The largest absolute Gasteiger partial charge is 0.586 e. The molecule has 8 nitrogen and oxygen atoms in total. The first-order chi connectivity index (χ1) is 11.9. The average Bonchev–Trinajstić information content (AvgIpc) is 3.09. The number of benzene rings is 1. The van der Waals surface area contributed by atoms with Gasteiger partial charge in [-0.15, -0.1) is 8.78 Å². The van der Waals surface area contributed by atoms with Gasteiger partial charge < -0.3 is 19.2 Å². The van der Waals surface area contributed by atoms with Crippen molar-refractivity contribution in [3.8, 4) is 17.2 Å². The van der Waals surface area contributed by atoms with Crippen LogP contribution in [0.5, 0.6) is 17.2 Å². The average molecular weight is 348 g/mol. The Balaban J connectivity index is 1.59. The maximum Gasteiger partial charge on any atom is 0.586 e. The number of H-pyrrole nitrogens is 1. The van der Waals surface area contributed by atoms with E-state index in [2.05, 4.69) is 29.7 Å². The monoisotopic (exact) mass is 348 g/mol. The Morgan fingerprint density at radius 3 is 2.80 bits per heavy atom. The molecule has 1 aromatic carbocycles. The lowest BCUT2D eigenvalue weighted by Gasteiger charge is -2.04. The van der Waals surface area contributed by atoms with E-state index in [0.717, 1.165) is 0 Å². The number of ether oxygens (including phenoxy) is 3. The van der Waals surface area contributed by atoms with Gasteiger partial charge in [0.05, 0.1) is 18.1 Å². The van der Waals surface area contributed by atoms with Crippen LogP contribution < -0.4 is 19.5 Å². The number of aromatic amines is 1. The van der Waals surface area contributed by atoms with Crippen molar-refractivity contribution in [2.24, 2.45) is 0 Å². The van der Waals surface area contributed by atoms with Crippen LogP contribution in [-0.2, 0) is 0 Å². The second-order valence-corrected chi connectivity index (χ2v) is 5.10. The number of carbonyl (C=O) groups is 1. The topological polar surface area (TPSA) is 98.4 Å². The molecule has 1 aliphatic rings. The summed E-state index contributed by atoms with van der Waals surface area (Å²) >= 11 is 0. The first-order valence-corrected chi connectivity index (χ1v) is 7.04. The summed E-state index contributed by atoms with van der Waals surface area (Å²) in [7, 11) is 1.48. The Morgan fingerprint density at radius 1 is 1.28 bits per heavy atom. The number of methoxy groups -OCH3 is 1. The predicted molar refractivity (Wildman–Crippen MR) is 81.0 cm³/mol. The van der Waals surface area contributed by atoms with Gasteiger partial charge in [0.25, 0.3) is 5.91 Å². The van der Waals surface area contributed by atoms with Gasteiger partial charge in [-0.1, -0.05) is 0 Å². The van der Waals surface area contributed by atoms with E-state index in [-0.39, 0.29) is 23.1 Å². The molecule has 0 atom stereocenters. The molecule has 2 aromatic heterocycles. The van der Waals surface area contributed by atoms with E-state index in [1.165, 1.54) is 31.5 Å². The summed E-state index contributed by atoms with van der Waals surface area (Å²) in [6, 6.07) is 5.69. The summed E-state index contributed by atoms with van der Waals surface area (Å²) in [6.45, 7) is 0. The van der Waals surface area contributed by atoms with Gasteiger partial charge in [0.15, 0.2) is 11.5 Å². The molecule has 25 heavy (non-hydrogen) atoms. The van der Waals surface area contributed by atoms with Crippen molar-refractivity contribution in [1.82, 2.24) is 15.0 Å². The molecule has 128 valence electrons. The molecule has 0 saturated heterocycles. The molecule has 4 rings (SSSR count). The summed E-state index contributed by atoms with van der Waals surface area (Å²) in [4.78, 5) is 23.1. The van der Waals surface area contributed by atoms with Crippen LogP contribution in [0.4, 0.5) is 14.7 Å². The summed E-state index contributed by atoms with van der Waals surface area (Å²) in [5.41, 5.74) is 0.858. The molecule has 3 heterocycles. The van der Waals surface area contributed by atoms with Gasteiger partial charge >= 0.3 is 6.29 Å². The fourth-order valence-electron chi connectivity index (χ4n) is 2.35. The number of halogens is 2. The van der Waals surface area contributed by atoms with Crippen LogP contribution in [0.3, 0.4) is 0 Å². The van der Waals surface area contributed by atoms with E-state index in [4.69, 9.17) is 4.74 Å². The van der Waals surface area contributed by atoms with Gasteiger partial charge in [-0.2, -0.15) is 0 Å². The minimum atomic E-state index is -3.70. The Labute approximate surface area is 138 Å². The molecule has 0 aliphatic carbocycles. The van der Waals surface area contributed by atoms with E-state index < -0.39 is 12.2 Å². The number of anilines is 1. The molecule has 3 aromatic rings. The maximum absolute atomic E-state index is 13.0. The number of alkyl halides is 2. The lowest BCUT2D eigenvalue weighted by atomic mass is 10.3. The molecular weight excluding hydrogens is 338 g/mol. The third-order valence-corrected chi connectivity index (χ3v) is 3.44. The van der Waals surface area contributed by atoms with Gasteiger partial charge in [0, 0.05) is 24.4 Å². The van der Waals surface area contributed by atoms with Crippen LogP contribution in [0.2, 0.25) is 0 Å². The van der Waals surface area contributed by atoms with Gasteiger partial charge in [0.2, 0.25) is 5.95 Å². The zero-order valence-electron chi connectivity index (χ0n) is 12.7. The molecule has 2 N–H and O–H groups in total. The summed E-state index contributed by atoms with van der Waals surface area (Å²) < 4.78 is 39.9. The number of imidazole rings is 1. The second-order valence-electron chi connectivity index (χ2n) is 5.10. The highest BCUT2D eigenvalue weighted by molar-refractivity contribution is 6.02. The number of fused-ring (bicyclic) bond motifs is 2. The number of hydrogen-bond acceptors (Lipinski definition) is 6. The fraction of sp³-hybridized carbons (Fsp3) is 0.133. The van der Waals surface area contributed by atoms with Crippen molar-refractivity contribution in [3.63, 3.8) is 0 Å². The van der Waals surface area contributed by atoms with Crippen LogP contribution in [0.25, 0.3) is 11.0 Å². The Hall–Kier alpha value is -3.43. The van der Waals surface area contributed by atoms with E-state index in [0.29, 0.717) is 16.8 Å². The van der Waals surface area contributed by atoms with Crippen LogP contribution in [0.15, 0.2) is 30.5 Å². The van der Waals surface area contributed by atoms with Crippen molar-refractivity contribution in [2.75, 3.05) is 12.4 Å². The van der Waals surface area contributed by atoms with Gasteiger partial charge in [-0.05, 0) is 6.07 Å². The molecule has 0 unspecified atom stereocenters. The quantitative estimate of drug-likeness (QED) is 0.755. The highest BCUT2D eigenvalue weighted by Gasteiger charge is 2.43. The minimum Gasteiger partial charge on any atom is -0.497 e. The third-order valence-electron chi connectivity index (χ3n) is 3.44. The third kappa shape index (κ3) is 2.77. The Bertz CT molecular complexity index is 944. The number of carbonyl (C=O) groups excluding carboxylic acids is 1. The van der Waals surface area contributed by atoms with Crippen molar-refractivity contribution in [1.29, 1.82) is 0 Å². The van der Waals surface area contributed by atoms with Crippen LogP contribution in [0.1, 0.15) is 10.5 Å². The first-order valence-electron chi connectivity index (χ1n) is 7.04. The number of nitrogens with zero attached hydrogens (tertiary/aromatic N) is 2. The van der Waals surface area contributed by atoms with E-state index in [1.807, 2.05) is 0 Å². The van der Waals surface area contributed by atoms with E-state index in [1.54, 1.807) is 6.07 Å². The van der Waals surface area contributed by atoms with E-state index in [9.17, 15) is 13.6 Å². The minimum absolute atomic E-state index is 0.117. The molecule has 0 bridgehead atoms. The lowest BCUT2D eigenvalue weighted by Crippen LogP contribution is -2.25. The molecule has 0 saturated carbocycles. The summed E-state index contributed by atoms with van der Waals surface area (Å²) in [5, 5.41) is 2.54. The number of rotatable bonds is 3. The smallest absolute Gasteiger partial charge is 0.497 e. The van der Waals surface area contributed by atoms with Crippen molar-refractivity contribution >= 4 is 22.9 Å². The SMILES string of the molecule is COc1ccnc(C(=O)Nc2nc3cc4c(cc3[nH]2)OC(F)(F)O4)c1. The fourth-order valence-corrected chi connectivity index (χ4v) is 2.35. The molecule has 10 heteroatoms. The lowest BCUT2D eigenvalue weighted by molar-refractivity contribution is -0.286. The van der Waals surface area contributed by atoms with Crippen molar-refractivity contribution < 1.29 is 27.8 Å². The maximum atomic E-state index is 13.0. The Morgan fingerprint density at radius 2 is 2.04 bits per heavy atom. The van der Waals surface area contributed by atoms with Crippen LogP contribution in [-0.4, -0.2) is 34.3 Å². The molecule has 1 aliphatic heterocycles. The molecule has 0 spiro atoms. The highest BCUT2D eigenvalue weighted by atomic mass is 19.3. The number of amides is 1. The number of pyridine rings is 1. The predicted octanol–water partition coefficient (Wildman–Crippen LogP) is 2.54. The van der Waals surface area contributed by atoms with Crippen LogP contribution >= 0.6 is 0 Å². The number of hydrogen-bond donors (Lipinski definition) is 2. The summed E-state index contributed by atoms with van der Waals surface area (Å²) in [5.74, 6) is -0.147. The highest BCUT2D eigenvalue weighted by Crippen LogP contribution is 2.42. The molecule has 0 fully saturated rings. The zero-order valence-corrected chi connectivity index (χ0v) is 12.7. The number of aromatic nitrogens is 3. The van der Waals surface area contributed by atoms with Crippen molar-refractivity contribution in [3.05, 3.63) is 36.2 Å². The summed E-state index contributed by atoms with van der Waals surface area (Å²) in [6.07, 6.45) is -2.26. The second kappa shape index (κ2) is 5.30. The number of nitrogens with one attached hydrogen (secondary N) is 2. The molecular formula is C15H10F2N4O4. The van der Waals surface area contributed by atoms with Crippen molar-refractivity contribution in [2.45, 2.75) is 6.29 Å². The van der Waals surface area contributed by atoms with Gasteiger partial charge in [0.1, 0.15) is 11.4 Å². The standard InChI is InChI=1S/C15H10F2N4O4/c1-23-7-2-3-18-10(4-7)13(22)21-14-19-8-5-11-12(6-9(8)20-14)25-15(16,17)24-11/h2-6H,1H3,(H2,19,20,21,22). The van der Waals surface area contributed by atoms with Gasteiger partial charge in [-0.3, -0.25) is 15.1 Å². The molecule has 1 amide bonds. The molecule has 0 radical (unpaired) electrons. The van der Waals surface area contributed by atoms with Gasteiger partial charge in [-0.25, -0.2) is 4.98 Å². The first kappa shape index (κ1) is 15.1. The van der Waals surface area contributed by atoms with Crippen LogP contribution in [0, 0.1) is 0 Å². The zero-order chi connectivity index (χ0) is 17.6.